The van der Waals surface area contributed by atoms with Crippen molar-refractivity contribution < 1.29 is 22.7 Å². The summed E-state index contributed by atoms with van der Waals surface area (Å²) in [7, 11) is -3.76. The molecule has 1 saturated heterocycles. The van der Waals surface area contributed by atoms with Gasteiger partial charge in [-0.2, -0.15) is 0 Å². The monoisotopic (exact) mass is 461 g/mol. The van der Waals surface area contributed by atoms with Crippen LogP contribution >= 0.6 is 0 Å². The number of ether oxygens (including phenoxy) is 1. The largest absolute Gasteiger partial charge is 0.377 e. The first-order chi connectivity index (χ1) is 15.3. The molecule has 174 valence electrons. The summed E-state index contributed by atoms with van der Waals surface area (Å²) in [4.78, 5) is 25.7. The molecule has 0 spiro atoms. The average molecular weight is 462 g/mol. The van der Waals surface area contributed by atoms with Crippen molar-refractivity contribution in [2.24, 2.45) is 23.2 Å². The number of hydrazine groups is 1. The van der Waals surface area contributed by atoms with Gasteiger partial charge in [-0.15, -0.1) is 0 Å². The third-order valence-corrected chi connectivity index (χ3v) is 9.16. The van der Waals surface area contributed by atoms with E-state index in [0.29, 0.717) is 24.4 Å². The van der Waals surface area contributed by atoms with Crippen LogP contribution in [0.25, 0.3) is 0 Å². The minimum atomic E-state index is -3.76. The summed E-state index contributed by atoms with van der Waals surface area (Å²) in [6.07, 6.45) is 8.07. The zero-order valence-electron chi connectivity index (χ0n) is 18.1. The van der Waals surface area contributed by atoms with E-state index >= 15 is 0 Å². The maximum atomic E-state index is 13.0. The molecule has 2 amide bonds. The Hall–Kier alpha value is -1.97. The molecule has 0 unspecified atom stereocenters. The van der Waals surface area contributed by atoms with Crippen LogP contribution in [0, 0.1) is 23.2 Å². The fraction of sp³-hybridized carbons (Fsp3) is 0.652. The van der Waals surface area contributed by atoms with Crippen LogP contribution in [0.5, 0.6) is 0 Å². The molecular weight excluding hydrogens is 430 g/mol. The van der Waals surface area contributed by atoms with Crippen LogP contribution < -0.4 is 15.6 Å². The van der Waals surface area contributed by atoms with Crippen molar-refractivity contribution in [2.45, 2.75) is 62.4 Å². The van der Waals surface area contributed by atoms with Crippen molar-refractivity contribution in [3.63, 3.8) is 0 Å². The minimum absolute atomic E-state index is 0.00978. The molecule has 4 saturated carbocycles. The van der Waals surface area contributed by atoms with E-state index in [-0.39, 0.29) is 34.4 Å². The number of carbonyl (C=O) groups is 2. The van der Waals surface area contributed by atoms with Gasteiger partial charge in [-0.05, 0) is 87.3 Å². The minimum Gasteiger partial charge on any atom is -0.377 e. The number of carbonyl (C=O) groups excluding carboxylic acids is 2. The smallest absolute Gasteiger partial charge is 0.269 e. The normalized spacial score (nSPS) is 33.2. The Morgan fingerprint density at radius 3 is 2.34 bits per heavy atom. The number of benzene rings is 1. The predicted molar refractivity (Wildman–Crippen MR) is 117 cm³/mol. The molecular formula is C23H31N3O5S. The summed E-state index contributed by atoms with van der Waals surface area (Å²) < 4.78 is 33.3. The first-order valence-electron chi connectivity index (χ1n) is 11.7. The maximum Gasteiger partial charge on any atom is 0.269 e. The Morgan fingerprint density at radius 2 is 1.72 bits per heavy atom. The van der Waals surface area contributed by atoms with Crippen molar-refractivity contribution in [3.8, 4) is 0 Å². The molecule has 4 aliphatic carbocycles. The molecule has 1 aromatic carbocycles. The van der Waals surface area contributed by atoms with Gasteiger partial charge in [-0.25, -0.2) is 13.1 Å². The van der Waals surface area contributed by atoms with E-state index in [1.165, 1.54) is 43.5 Å². The Kier molecular flexibility index (Phi) is 5.75. The molecule has 5 aliphatic rings. The zero-order valence-corrected chi connectivity index (χ0v) is 19.0. The molecule has 32 heavy (non-hydrogen) atoms. The van der Waals surface area contributed by atoms with Crippen LogP contribution in [0.2, 0.25) is 0 Å². The van der Waals surface area contributed by atoms with E-state index in [9.17, 15) is 18.0 Å². The van der Waals surface area contributed by atoms with Crippen LogP contribution in [0.3, 0.4) is 0 Å². The van der Waals surface area contributed by atoms with Crippen LogP contribution in [-0.2, 0) is 19.6 Å². The van der Waals surface area contributed by atoms with Gasteiger partial charge >= 0.3 is 0 Å². The van der Waals surface area contributed by atoms with Crippen LogP contribution in [0.4, 0.5) is 0 Å². The summed E-state index contributed by atoms with van der Waals surface area (Å²) in [5, 5.41) is 0. The molecule has 1 aliphatic heterocycles. The first-order valence-corrected chi connectivity index (χ1v) is 13.1. The number of hydrogen-bond acceptors (Lipinski definition) is 5. The number of rotatable bonds is 6. The number of sulfonamides is 1. The molecule has 1 heterocycles. The topological polar surface area (TPSA) is 114 Å². The second kappa shape index (κ2) is 8.43. The second-order valence-corrected chi connectivity index (χ2v) is 11.9. The van der Waals surface area contributed by atoms with Gasteiger partial charge in [0.1, 0.15) is 0 Å². The third-order valence-electron chi connectivity index (χ3n) is 7.74. The van der Waals surface area contributed by atoms with E-state index in [4.69, 9.17) is 4.74 Å². The molecule has 1 atom stereocenters. The maximum absolute atomic E-state index is 13.0. The lowest BCUT2D eigenvalue weighted by Gasteiger charge is -2.55. The van der Waals surface area contributed by atoms with Gasteiger partial charge in [0.25, 0.3) is 5.91 Å². The van der Waals surface area contributed by atoms with Gasteiger partial charge in [0, 0.05) is 18.7 Å². The molecule has 5 fully saturated rings. The molecule has 1 aromatic rings. The lowest BCUT2D eigenvalue weighted by molar-refractivity contribution is -0.147. The summed E-state index contributed by atoms with van der Waals surface area (Å²) in [5.41, 5.74) is 4.96. The van der Waals surface area contributed by atoms with E-state index < -0.39 is 15.9 Å². The Bertz CT molecular complexity index is 967. The summed E-state index contributed by atoms with van der Waals surface area (Å²) in [6, 6.07) is 5.83. The predicted octanol–water partition coefficient (Wildman–Crippen LogP) is 2.12. The fourth-order valence-electron chi connectivity index (χ4n) is 6.60. The van der Waals surface area contributed by atoms with Gasteiger partial charge in [0.05, 0.1) is 16.4 Å². The number of amides is 2. The van der Waals surface area contributed by atoms with Gasteiger partial charge in [0.15, 0.2) is 0 Å². The highest BCUT2D eigenvalue weighted by atomic mass is 32.2. The van der Waals surface area contributed by atoms with Crippen molar-refractivity contribution >= 4 is 21.8 Å². The molecule has 0 radical (unpaired) electrons. The number of hydrogen-bond donors (Lipinski definition) is 3. The van der Waals surface area contributed by atoms with Crippen molar-refractivity contribution in [2.75, 3.05) is 13.2 Å². The van der Waals surface area contributed by atoms with Gasteiger partial charge < -0.3 is 4.74 Å². The van der Waals surface area contributed by atoms with E-state index in [1.54, 1.807) is 0 Å². The quantitative estimate of drug-likeness (QED) is 0.562. The third kappa shape index (κ3) is 4.30. The van der Waals surface area contributed by atoms with Crippen molar-refractivity contribution in [3.05, 3.63) is 29.8 Å². The SMILES string of the molecule is O=C(NNC(=O)C12CC3CC(CC(C3)C1)C2)c1cccc(S(=O)(=O)NC[C@@H]2CCCO2)c1. The highest BCUT2D eigenvalue weighted by Gasteiger charge is 2.54. The summed E-state index contributed by atoms with van der Waals surface area (Å²) in [5.74, 6) is 1.26. The highest BCUT2D eigenvalue weighted by molar-refractivity contribution is 7.89. The van der Waals surface area contributed by atoms with E-state index in [2.05, 4.69) is 15.6 Å². The lowest BCUT2D eigenvalue weighted by atomic mass is 9.49. The molecule has 6 rings (SSSR count). The molecule has 0 aromatic heterocycles. The first kappa shape index (κ1) is 21.9. The molecule has 9 heteroatoms. The van der Waals surface area contributed by atoms with Crippen molar-refractivity contribution in [1.82, 2.24) is 15.6 Å². The second-order valence-electron chi connectivity index (χ2n) is 10.1. The zero-order chi connectivity index (χ0) is 22.3. The Morgan fingerprint density at radius 1 is 1.03 bits per heavy atom. The van der Waals surface area contributed by atoms with E-state index in [1.807, 2.05) is 0 Å². The van der Waals surface area contributed by atoms with Crippen LogP contribution in [-0.4, -0.2) is 39.5 Å². The number of nitrogens with one attached hydrogen (secondary N) is 3. The fourth-order valence-corrected chi connectivity index (χ4v) is 7.71. The molecule has 8 nitrogen and oxygen atoms in total. The van der Waals surface area contributed by atoms with Crippen molar-refractivity contribution in [1.29, 1.82) is 0 Å². The summed E-state index contributed by atoms with van der Waals surface area (Å²) in [6.45, 7) is 0.858. The highest BCUT2D eigenvalue weighted by Crippen LogP contribution is 2.60. The standard InChI is InChI=1S/C23H31N3O5S/c27-21(25-26-22(28)23-11-15-7-16(12-23)9-17(8-15)13-23)18-3-1-5-20(10-18)32(29,30)24-14-19-4-2-6-31-19/h1,3,5,10,15-17,19,24H,2,4,6-9,11-14H2,(H,25,27)(H,26,28)/t15?,16?,17?,19-,23?/m0/s1. The Balaban J connectivity index is 1.20. The van der Waals surface area contributed by atoms with Gasteiger partial charge in [-0.1, -0.05) is 6.07 Å². The average Bonchev–Trinajstić information content (AvgIpc) is 3.29. The van der Waals surface area contributed by atoms with Crippen LogP contribution in [0.1, 0.15) is 61.7 Å². The van der Waals surface area contributed by atoms with Gasteiger partial charge in [0.2, 0.25) is 15.9 Å². The summed E-state index contributed by atoms with van der Waals surface area (Å²) >= 11 is 0. The molecule has 3 N–H and O–H groups in total. The lowest BCUT2D eigenvalue weighted by Crippen LogP contribution is -2.56. The van der Waals surface area contributed by atoms with Gasteiger partial charge in [-0.3, -0.25) is 20.4 Å². The Labute approximate surface area is 188 Å². The van der Waals surface area contributed by atoms with Crippen LogP contribution in [0.15, 0.2) is 29.2 Å². The molecule has 4 bridgehead atoms. The van der Waals surface area contributed by atoms with E-state index in [0.717, 1.165) is 32.1 Å².